The Hall–Kier alpha value is -3.33. The van der Waals surface area contributed by atoms with E-state index in [1.807, 2.05) is 78.9 Å². The van der Waals surface area contributed by atoms with Gasteiger partial charge < -0.3 is 9.47 Å². The van der Waals surface area contributed by atoms with E-state index in [9.17, 15) is 8.42 Å². The normalized spacial score (nSPS) is 11.4. The summed E-state index contributed by atoms with van der Waals surface area (Å²) in [6, 6.07) is 25.4. The van der Waals surface area contributed by atoms with Crippen molar-refractivity contribution in [1.82, 2.24) is 14.5 Å². The molecule has 0 aliphatic rings. The van der Waals surface area contributed by atoms with Crippen LogP contribution in [0.4, 0.5) is 0 Å². The van der Waals surface area contributed by atoms with Gasteiger partial charge in [0.15, 0.2) is 11.5 Å². The van der Waals surface area contributed by atoms with E-state index in [1.165, 1.54) is 4.68 Å². The molecule has 0 atom stereocenters. The molecule has 7 nitrogen and oxygen atoms in total. The molecule has 0 saturated carbocycles. The quantitative estimate of drug-likeness (QED) is 0.296. The van der Waals surface area contributed by atoms with E-state index in [1.54, 1.807) is 14.0 Å². The van der Waals surface area contributed by atoms with Crippen LogP contribution < -0.4 is 14.2 Å². The predicted octanol–water partition coefficient (Wildman–Crippen LogP) is 5.06. The lowest BCUT2D eigenvalue weighted by atomic mass is 10.1. The van der Waals surface area contributed by atoms with Crippen molar-refractivity contribution in [3.63, 3.8) is 0 Å². The Kier molecular flexibility index (Phi) is 8.30. The average Bonchev–Trinajstić information content (AvgIpc) is 3.14. The van der Waals surface area contributed by atoms with Crippen LogP contribution >= 0.6 is 11.6 Å². The molecule has 3 aromatic carbocycles. The minimum atomic E-state index is -3.80. The van der Waals surface area contributed by atoms with Gasteiger partial charge in [-0.3, -0.25) is 4.68 Å². The Labute approximate surface area is 216 Å². The Balaban J connectivity index is 1.46. The number of nitrogens with zero attached hydrogens (tertiary/aromatic N) is 2. The molecule has 1 aromatic heterocycles. The highest BCUT2D eigenvalue weighted by atomic mass is 35.5. The van der Waals surface area contributed by atoms with Crippen LogP contribution in [0.1, 0.15) is 22.4 Å². The third-order valence-corrected chi connectivity index (χ3v) is 7.71. The molecule has 9 heteroatoms. The summed E-state index contributed by atoms with van der Waals surface area (Å²) in [6.07, 6.45) is 0.455. The van der Waals surface area contributed by atoms with Crippen LogP contribution in [0.15, 0.2) is 83.8 Å². The highest BCUT2D eigenvalue weighted by Gasteiger charge is 2.24. The van der Waals surface area contributed by atoms with Crippen molar-refractivity contribution >= 4 is 21.6 Å². The number of hydrogen-bond donors (Lipinski definition) is 1. The van der Waals surface area contributed by atoms with E-state index in [-0.39, 0.29) is 16.6 Å². The predicted molar refractivity (Wildman–Crippen MR) is 140 cm³/mol. The first-order valence-electron chi connectivity index (χ1n) is 11.5. The number of halogens is 1. The molecule has 0 bridgehead atoms. The van der Waals surface area contributed by atoms with Gasteiger partial charge in [0.1, 0.15) is 23.3 Å². The summed E-state index contributed by atoms with van der Waals surface area (Å²) in [6.45, 7) is 2.60. The minimum absolute atomic E-state index is 0.00297. The summed E-state index contributed by atoms with van der Waals surface area (Å²) < 4.78 is 41.7. The van der Waals surface area contributed by atoms with Crippen LogP contribution in [-0.2, 0) is 36.7 Å². The second-order valence-electron chi connectivity index (χ2n) is 8.31. The summed E-state index contributed by atoms with van der Waals surface area (Å²) >= 11 is 6.14. The largest absolute Gasteiger partial charge is 0.485 e. The Morgan fingerprint density at radius 2 is 1.44 bits per heavy atom. The summed E-state index contributed by atoms with van der Waals surface area (Å²) in [5.41, 5.74) is 3.34. The number of ether oxygens (including phenoxy) is 2. The van der Waals surface area contributed by atoms with Crippen LogP contribution in [0.5, 0.6) is 11.5 Å². The zero-order valence-corrected chi connectivity index (χ0v) is 21.7. The van der Waals surface area contributed by atoms with E-state index in [0.717, 1.165) is 16.7 Å². The van der Waals surface area contributed by atoms with Crippen molar-refractivity contribution in [1.29, 1.82) is 0 Å². The lowest BCUT2D eigenvalue weighted by molar-refractivity contribution is 0.255. The van der Waals surface area contributed by atoms with Gasteiger partial charge in [0.25, 0.3) is 0 Å². The molecular weight excluding hydrogens is 498 g/mol. The molecule has 4 aromatic rings. The second kappa shape index (κ2) is 11.6. The number of sulfonamides is 1. The molecule has 4 rings (SSSR count). The van der Waals surface area contributed by atoms with Crippen molar-refractivity contribution in [3.05, 3.63) is 106 Å². The van der Waals surface area contributed by atoms with Crippen molar-refractivity contribution < 1.29 is 17.9 Å². The van der Waals surface area contributed by atoms with Gasteiger partial charge in [0.2, 0.25) is 10.0 Å². The Bertz CT molecular complexity index is 1410. The molecule has 0 aliphatic heterocycles. The summed E-state index contributed by atoms with van der Waals surface area (Å²) in [5, 5.41) is 4.16. The Morgan fingerprint density at radius 3 is 2.00 bits per heavy atom. The van der Waals surface area contributed by atoms with Crippen LogP contribution in [-0.4, -0.2) is 24.7 Å². The van der Waals surface area contributed by atoms with Gasteiger partial charge in [0, 0.05) is 13.6 Å². The highest BCUT2D eigenvalue weighted by molar-refractivity contribution is 7.89. The maximum atomic E-state index is 12.8. The SMILES string of the molecule is Cc1nn(C)c(Cl)c1S(=O)(=O)NCCc1ccc(OCc2ccccc2)c(OCc2ccccc2)c1. The van der Waals surface area contributed by atoms with E-state index in [4.69, 9.17) is 21.1 Å². The number of aryl methyl sites for hydroxylation is 2. The van der Waals surface area contributed by atoms with Gasteiger partial charge in [-0.2, -0.15) is 5.10 Å². The van der Waals surface area contributed by atoms with Crippen molar-refractivity contribution in [2.45, 2.75) is 31.5 Å². The lowest BCUT2D eigenvalue weighted by Crippen LogP contribution is -2.26. The van der Waals surface area contributed by atoms with Gasteiger partial charge in [-0.05, 0) is 42.2 Å². The number of nitrogens with one attached hydrogen (secondary N) is 1. The first kappa shape index (κ1) is 25.8. The third-order valence-electron chi connectivity index (χ3n) is 5.56. The monoisotopic (exact) mass is 525 g/mol. The second-order valence-corrected chi connectivity index (χ2v) is 10.4. The molecular formula is C27H28ClN3O4S. The number of aromatic nitrogens is 2. The summed E-state index contributed by atoms with van der Waals surface area (Å²) in [5.74, 6) is 1.22. The lowest BCUT2D eigenvalue weighted by Gasteiger charge is -2.15. The smallest absolute Gasteiger partial charge is 0.245 e. The number of hydrogen-bond acceptors (Lipinski definition) is 5. The van der Waals surface area contributed by atoms with Crippen LogP contribution in [0.25, 0.3) is 0 Å². The van der Waals surface area contributed by atoms with E-state index in [0.29, 0.717) is 36.8 Å². The first-order valence-corrected chi connectivity index (χ1v) is 13.3. The van der Waals surface area contributed by atoms with E-state index < -0.39 is 10.0 Å². The third kappa shape index (κ3) is 6.46. The molecule has 1 N–H and O–H groups in total. The molecule has 0 unspecified atom stereocenters. The standard InChI is InChI=1S/C27H28ClN3O4S/c1-20-26(27(28)31(2)30-20)36(32,33)29-16-15-21-13-14-24(34-18-22-9-5-3-6-10-22)25(17-21)35-19-23-11-7-4-8-12-23/h3-14,17,29H,15-16,18-19H2,1-2H3. The minimum Gasteiger partial charge on any atom is -0.485 e. The fourth-order valence-electron chi connectivity index (χ4n) is 3.73. The van der Waals surface area contributed by atoms with E-state index in [2.05, 4.69) is 9.82 Å². The zero-order chi connectivity index (χ0) is 25.5. The Morgan fingerprint density at radius 1 is 0.861 bits per heavy atom. The molecule has 0 radical (unpaired) electrons. The fourth-order valence-corrected chi connectivity index (χ4v) is 5.51. The van der Waals surface area contributed by atoms with Gasteiger partial charge in [-0.25, -0.2) is 13.1 Å². The average molecular weight is 526 g/mol. The molecule has 188 valence electrons. The maximum Gasteiger partial charge on any atom is 0.245 e. The summed E-state index contributed by atoms with van der Waals surface area (Å²) in [4.78, 5) is 0.00297. The van der Waals surface area contributed by atoms with Crippen LogP contribution in [0.2, 0.25) is 5.15 Å². The van der Waals surface area contributed by atoms with Gasteiger partial charge in [-0.1, -0.05) is 78.3 Å². The fraction of sp³-hybridized carbons (Fsp3) is 0.222. The zero-order valence-electron chi connectivity index (χ0n) is 20.1. The first-order chi connectivity index (χ1) is 17.3. The number of rotatable bonds is 11. The molecule has 0 fully saturated rings. The molecule has 0 amide bonds. The number of benzene rings is 3. The van der Waals surface area contributed by atoms with Crippen LogP contribution in [0, 0.1) is 6.92 Å². The van der Waals surface area contributed by atoms with E-state index >= 15 is 0 Å². The van der Waals surface area contributed by atoms with Crippen LogP contribution in [0.3, 0.4) is 0 Å². The van der Waals surface area contributed by atoms with Gasteiger partial charge in [0.05, 0.1) is 5.69 Å². The van der Waals surface area contributed by atoms with Crippen molar-refractivity contribution in [2.24, 2.45) is 7.05 Å². The summed E-state index contributed by atoms with van der Waals surface area (Å²) in [7, 11) is -2.19. The maximum absolute atomic E-state index is 12.8. The molecule has 0 aliphatic carbocycles. The van der Waals surface area contributed by atoms with Gasteiger partial charge >= 0.3 is 0 Å². The molecule has 0 spiro atoms. The topological polar surface area (TPSA) is 82.5 Å². The van der Waals surface area contributed by atoms with Crippen molar-refractivity contribution in [3.8, 4) is 11.5 Å². The van der Waals surface area contributed by atoms with Gasteiger partial charge in [-0.15, -0.1) is 0 Å². The molecule has 0 saturated heterocycles. The highest BCUT2D eigenvalue weighted by Crippen LogP contribution is 2.30. The molecule has 1 heterocycles. The van der Waals surface area contributed by atoms with Crippen molar-refractivity contribution in [2.75, 3.05) is 6.54 Å². The molecule has 36 heavy (non-hydrogen) atoms.